The van der Waals surface area contributed by atoms with Gasteiger partial charge >= 0.3 is 12.2 Å². The minimum Gasteiger partial charge on any atom is -0.322 e. The van der Waals surface area contributed by atoms with E-state index in [1.54, 1.807) is 4.90 Å². The lowest BCUT2D eigenvalue weighted by atomic mass is 10.2. The van der Waals surface area contributed by atoms with Crippen molar-refractivity contribution < 1.29 is 18.0 Å². The van der Waals surface area contributed by atoms with Gasteiger partial charge in [-0.2, -0.15) is 13.2 Å². The summed E-state index contributed by atoms with van der Waals surface area (Å²) >= 11 is 0. The first kappa shape index (κ1) is 19.9. The summed E-state index contributed by atoms with van der Waals surface area (Å²) in [5, 5.41) is 2.66. The predicted octanol–water partition coefficient (Wildman–Crippen LogP) is 4.57. The molecule has 0 saturated carbocycles. The van der Waals surface area contributed by atoms with Gasteiger partial charge in [-0.25, -0.2) is 4.79 Å². The molecule has 2 aromatic carbocycles. The first-order valence-electron chi connectivity index (χ1n) is 9.09. The summed E-state index contributed by atoms with van der Waals surface area (Å²) in [6, 6.07) is 14.2. The number of amides is 2. The fourth-order valence-electron chi connectivity index (χ4n) is 2.98. The number of rotatable bonds is 4. The number of alkyl halides is 3. The Morgan fingerprint density at radius 3 is 2.21 bits per heavy atom. The summed E-state index contributed by atoms with van der Waals surface area (Å²) in [7, 11) is 0. The van der Waals surface area contributed by atoms with Gasteiger partial charge < -0.3 is 10.2 Å². The van der Waals surface area contributed by atoms with Gasteiger partial charge in [-0.1, -0.05) is 42.5 Å². The Balaban J connectivity index is 1.44. The Kier molecular flexibility index (Phi) is 6.36. The minimum atomic E-state index is -4.38. The van der Waals surface area contributed by atoms with Crippen molar-refractivity contribution >= 4 is 17.8 Å². The summed E-state index contributed by atoms with van der Waals surface area (Å²) in [5.41, 5.74) is 0.769. The molecule has 1 fully saturated rings. The largest absolute Gasteiger partial charge is 0.416 e. The average Bonchev–Trinajstić information content (AvgIpc) is 2.69. The van der Waals surface area contributed by atoms with Crippen LogP contribution in [0.3, 0.4) is 0 Å². The summed E-state index contributed by atoms with van der Waals surface area (Å²) in [4.78, 5) is 16.2. The predicted molar refractivity (Wildman–Crippen MR) is 104 cm³/mol. The molecule has 0 aliphatic carbocycles. The van der Waals surface area contributed by atoms with Crippen molar-refractivity contribution in [1.82, 2.24) is 9.80 Å². The SMILES string of the molecule is O=C(Nc1ccc(C(F)(F)F)cc1)N1CCN(C/C=C/c2ccccc2)CC1. The Morgan fingerprint density at radius 2 is 1.61 bits per heavy atom. The third kappa shape index (κ3) is 5.60. The highest BCUT2D eigenvalue weighted by Crippen LogP contribution is 2.29. The first-order valence-corrected chi connectivity index (χ1v) is 9.09. The van der Waals surface area contributed by atoms with Crippen LogP contribution in [0.15, 0.2) is 60.7 Å². The third-order valence-corrected chi connectivity index (χ3v) is 4.60. The van der Waals surface area contributed by atoms with Gasteiger partial charge in [-0.3, -0.25) is 4.90 Å². The lowest BCUT2D eigenvalue weighted by molar-refractivity contribution is -0.137. The van der Waals surface area contributed by atoms with Gasteiger partial charge in [0.05, 0.1) is 5.56 Å². The number of carbonyl (C=O) groups is 1. The number of hydrogen-bond acceptors (Lipinski definition) is 2. The van der Waals surface area contributed by atoms with Crippen LogP contribution in [0.1, 0.15) is 11.1 Å². The Hall–Kier alpha value is -2.80. The van der Waals surface area contributed by atoms with E-state index in [1.807, 2.05) is 30.3 Å². The monoisotopic (exact) mass is 389 g/mol. The molecule has 1 N–H and O–H groups in total. The highest BCUT2D eigenvalue weighted by molar-refractivity contribution is 5.89. The maximum Gasteiger partial charge on any atom is 0.416 e. The van der Waals surface area contributed by atoms with Crippen molar-refractivity contribution in [2.75, 3.05) is 38.0 Å². The van der Waals surface area contributed by atoms with Gasteiger partial charge in [0.25, 0.3) is 0 Å². The standard InChI is InChI=1S/C21H22F3N3O/c22-21(23,24)18-8-10-19(11-9-18)25-20(28)27-15-13-26(14-16-27)12-4-7-17-5-2-1-3-6-17/h1-11H,12-16H2,(H,25,28)/b7-4+. The number of urea groups is 1. The van der Waals surface area contributed by atoms with Crippen LogP contribution in [-0.4, -0.2) is 48.6 Å². The summed E-state index contributed by atoms with van der Waals surface area (Å²) in [5.74, 6) is 0. The van der Waals surface area contributed by atoms with Crippen molar-refractivity contribution in [2.45, 2.75) is 6.18 Å². The average molecular weight is 389 g/mol. The quantitative estimate of drug-likeness (QED) is 0.832. The number of benzene rings is 2. The van der Waals surface area contributed by atoms with E-state index in [9.17, 15) is 18.0 Å². The molecule has 0 spiro atoms. The molecule has 1 heterocycles. The number of nitrogens with one attached hydrogen (secondary N) is 1. The van der Waals surface area contributed by atoms with E-state index in [2.05, 4.69) is 22.4 Å². The summed E-state index contributed by atoms with van der Waals surface area (Å²) in [6.45, 7) is 3.46. The molecule has 28 heavy (non-hydrogen) atoms. The Bertz CT molecular complexity index is 796. The molecule has 7 heteroatoms. The topological polar surface area (TPSA) is 35.6 Å². The van der Waals surface area contributed by atoms with Crippen LogP contribution in [0, 0.1) is 0 Å². The number of nitrogens with zero attached hydrogens (tertiary/aromatic N) is 2. The zero-order valence-electron chi connectivity index (χ0n) is 15.3. The molecule has 1 aliphatic rings. The lowest BCUT2D eigenvalue weighted by Gasteiger charge is -2.34. The van der Waals surface area contributed by atoms with E-state index >= 15 is 0 Å². The van der Waals surface area contributed by atoms with Crippen LogP contribution in [0.4, 0.5) is 23.7 Å². The van der Waals surface area contributed by atoms with Crippen LogP contribution in [0.25, 0.3) is 6.08 Å². The van der Waals surface area contributed by atoms with Crippen molar-refractivity contribution in [3.63, 3.8) is 0 Å². The van der Waals surface area contributed by atoms with Crippen LogP contribution in [0.2, 0.25) is 0 Å². The highest BCUT2D eigenvalue weighted by Gasteiger charge is 2.30. The molecule has 0 bridgehead atoms. The lowest BCUT2D eigenvalue weighted by Crippen LogP contribution is -2.49. The fourth-order valence-corrected chi connectivity index (χ4v) is 2.98. The molecular formula is C21H22F3N3O. The van der Waals surface area contributed by atoms with Crippen LogP contribution in [0.5, 0.6) is 0 Å². The van der Waals surface area contributed by atoms with E-state index in [0.29, 0.717) is 18.8 Å². The van der Waals surface area contributed by atoms with Crippen molar-refractivity contribution in [1.29, 1.82) is 0 Å². The number of halogens is 3. The van der Waals surface area contributed by atoms with E-state index in [1.165, 1.54) is 12.1 Å². The molecule has 3 rings (SSSR count). The van der Waals surface area contributed by atoms with Gasteiger partial charge in [0.15, 0.2) is 0 Å². The number of carbonyl (C=O) groups excluding carboxylic acids is 1. The number of anilines is 1. The normalized spacial score (nSPS) is 15.8. The molecule has 2 aromatic rings. The molecule has 0 radical (unpaired) electrons. The van der Waals surface area contributed by atoms with E-state index < -0.39 is 11.7 Å². The maximum atomic E-state index is 12.6. The minimum absolute atomic E-state index is 0.292. The van der Waals surface area contributed by atoms with E-state index in [4.69, 9.17) is 0 Å². The second kappa shape index (κ2) is 8.93. The molecule has 4 nitrogen and oxygen atoms in total. The van der Waals surface area contributed by atoms with Gasteiger partial charge in [0.1, 0.15) is 0 Å². The molecular weight excluding hydrogens is 367 g/mol. The van der Waals surface area contributed by atoms with E-state index in [-0.39, 0.29) is 6.03 Å². The Morgan fingerprint density at radius 1 is 0.964 bits per heavy atom. The summed E-state index contributed by atoms with van der Waals surface area (Å²) < 4.78 is 37.8. The van der Waals surface area contributed by atoms with Crippen molar-refractivity contribution in [3.8, 4) is 0 Å². The summed E-state index contributed by atoms with van der Waals surface area (Å²) in [6.07, 6.45) is -0.204. The zero-order valence-corrected chi connectivity index (χ0v) is 15.3. The van der Waals surface area contributed by atoms with Crippen molar-refractivity contribution in [3.05, 3.63) is 71.8 Å². The Labute approximate surface area is 162 Å². The molecule has 0 unspecified atom stereocenters. The van der Waals surface area contributed by atoms with Gasteiger partial charge in [-0.15, -0.1) is 0 Å². The molecule has 0 aromatic heterocycles. The fraction of sp³-hybridized carbons (Fsp3) is 0.286. The molecule has 2 amide bonds. The zero-order chi connectivity index (χ0) is 20.0. The number of piperazine rings is 1. The van der Waals surface area contributed by atoms with Gasteiger partial charge in [0.2, 0.25) is 0 Å². The third-order valence-electron chi connectivity index (χ3n) is 4.60. The second-order valence-corrected chi connectivity index (χ2v) is 6.61. The second-order valence-electron chi connectivity index (χ2n) is 6.61. The first-order chi connectivity index (χ1) is 13.4. The van der Waals surface area contributed by atoms with Crippen LogP contribution >= 0.6 is 0 Å². The number of hydrogen-bond donors (Lipinski definition) is 1. The molecule has 0 atom stereocenters. The smallest absolute Gasteiger partial charge is 0.322 e. The van der Waals surface area contributed by atoms with Crippen molar-refractivity contribution in [2.24, 2.45) is 0 Å². The molecule has 148 valence electrons. The van der Waals surface area contributed by atoms with Crippen LogP contribution < -0.4 is 5.32 Å². The van der Waals surface area contributed by atoms with Gasteiger partial charge in [-0.05, 0) is 29.8 Å². The van der Waals surface area contributed by atoms with E-state index in [0.717, 1.165) is 37.3 Å². The van der Waals surface area contributed by atoms with Gasteiger partial charge in [0, 0.05) is 38.4 Å². The molecule has 1 saturated heterocycles. The molecule has 1 aliphatic heterocycles. The highest BCUT2D eigenvalue weighted by atomic mass is 19.4. The van der Waals surface area contributed by atoms with Crippen LogP contribution in [-0.2, 0) is 6.18 Å². The maximum absolute atomic E-state index is 12.6.